The van der Waals surface area contributed by atoms with Crippen molar-refractivity contribution in [3.05, 3.63) is 95.2 Å². The molecule has 4 heterocycles. The van der Waals surface area contributed by atoms with Gasteiger partial charge in [0.2, 0.25) is 0 Å². The molecule has 2 fully saturated rings. The molecular weight excluding hydrogens is 570 g/mol. The van der Waals surface area contributed by atoms with Gasteiger partial charge in [0.15, 0.2) is 0 Å². The molecule has 0 radical (unpaired) electrons. The number of aromatic carboxylic acids is 1. The fourth-order valence-corrected chi connectivity index (χ4v) is 8.74. The van der Waals surface area contributed by atoms with Gasteiger partial charge in [-0.05, 0) is 85.9 Å². The third-order valence-electron chi connectivity index (χ3n) is 11.0. The van der Waals surface area contributed by atoms with Crippen molar-refractivity contribution in [2.75, 3.05) is 26.2 Å². The van der Waals surface area contributed by atoms with Crippen LogP contribution >= 0.6 is 0 Å². The minimum atomic E-state index is -0.853. The molecule has 1 saturated heterocycles. The summed E-state index contributed by atoms with van der Waals surface area (Å²) in [5.41, 5.74) is 9.70. The van der Waals surface area contributed by atoms with Crippen molar-refractivity contribution in [2.24, 2.45) is 0 Å². The normalized spacial score (nSPS) is 18.1. The van der Waals surface area contributed by atoms with E-state index >= 15 is 0 Å². The fourth-order valence-electron chi connectivity index (χ4n) is 8.74. The van der Waals surface area contributed by atoms with Gasteiger partial charge in [0, 0.05) is 47.7 Å². The summed E-state index contributed by atoms with van der Waals surface area (Å²) in [6.07, 6.45) is 12.1. The van der Waals surface area contributed by atoms with Crippen LogP contribution in [0.1, 0.15) is 90.3 Å². The second kappa shape index (κ2) is 12.7. The largest absolute Gasteiger partial charge is 0.478 e. The Hall–Kier alpha value is -3.87. The Morgan fingerprint density at radius 1 is 0.804 bits per heavy atom. The Kier molecular flexibility index (Phi) is 8.17. The zero-order valence-corrected chi connectivity index (χ0v) is 26.8. The molecule has 238 valence electrons. The number of nitrogens with zero attached hydrogens (tertiary/aromatic N) is 3. The maximum Gasteiger partial charge on any atom is 0.335 e. The molecule has 46 heavy (non-hydrogen) atoms. The number of hydrogen-bond acceptors (Lipinski definition) is 3. The van der Waals surface area contributed by atoms with Crippen LogP contribution in [0, 0.1) is 0 Å². The van der Waals surface area contributed by atoms with Gasteiger partial charge in [0.25, 0.3) is 0 Å². The highest BCUT2D eigenvalue weighted by atomic mass is 16.5. The van der Waals surface area contributed by atoms with E-state index in [1.165, 1.54) is 89.2 Å². The van der Waals surface area contributed by atoms with Crippen molar-refractivity contribution < 1.29 is 14.6 Å². The van der Waals surface area contributed by atoms with Gasteiger partial charge >= 0.3 is 5.97 Å². The number of fused-ring (bicyclic) bond motifs is 4. The molecule has 2 aromatic heterocycles. The number of para-hydroxylation sites is 1. The van der Waals surface area contributed by atoms with Crippen molar-refractivity contribution in [1.29, 1.82) is 0 Å². The number of hydrogen-bond donors (Lipinski definition) is 1. The molecule has 8 rings (SSSR count). The van der Waals surface area contributed by atoms with Crippen LogP contribution < -0.4 is 0 Å². The zero-order valence-electron chi connectivity index (χ0n) is 26.8. The van der Waals surface area contributed by atoms with E-state index in [1.807, 2.05) is 18.2 Å². The minimum Gasteiger partial charge on any atom is -0.478 e. The van der Waals surface area contributed by atoms with Gasteiger partial charge in [-0.2, -0.15) is 0 Å². The lowest BCUT2D eigenvalue weighted by molar-refractivity contribution is 0.0697. The van der Waals surface area contributed by atoms with Crippen LogP contribution in [0.4, 0.5) is 0 Å². The first-order valence-corrected chi connectivity index (χ1v) is 17.5. The molecule has 1 saturated carbocycles. The molecule has 5 aromatic rings. The quantitative estimate of drug-likeness (QED) is 0.177. The smallest absolute Gasteiger partial charge is 0.335 e. The molecule has 0 atom stereocenters. The third-order valence-corrected chi connectivity index (χ3v) is 11.0. The number of carboxylic acid groups (broad SMARTS) is 1. The van der Waals surface area contributed by atoms with Gasteiger partial charge in [-0.3, -0.25) is 0 Å². The van der Waals surface area contributed by atoms with Gasteiger partial charge in [-0.1, -0.05) is 73.9 Å². The molecular formula is C40H45N3O3. The number of piperidine rings is 1. The Balaban J connectivity index is 1.10. The Labute approximate surface area is 271 Å². The number of carboxylic acids is 1. The predicted octanol–water partition coefficient (Wildman–Crippen LogP) is 8.81. The van der Waals surface area contributed by atoms with Crippen LogP contribution in [0.2, 0.25) is 0 Å². The molecule has 3 aliphatic rings. The van der Waals surface area contributed by atoms with E-state index in [1.54, 1.807) is 0 Å². The Morgan fingerprint density at radius 3 is 2.43 bits per heavy atom. The number of aromatic nitrogens is 2. The summed E-state index contributed by atoms with van der Waals surface area (Å²) in [5, 5.41) is 12.5. The van der Waals surface area contributed by atoms with Gasteiger partial charge in [0.05, 0.1) is 30.0 Å². The van der Waals surface area contributed by atoms with E-state index in [-0.39, 0.29) is 0 Å². The maximum atomic E-state index is 12.0. The Bertz CT molecular complexity index is 1860. The van der Waals surface area contributed by atoms with E-state index in [9.17, 15) is 9.90 Å². The minimum absolute atomic E-state index is 0.378. The van der Waals surface area contributed by atoms with Crippen LogP contribution in [-0.2, 0) is 24.4 Å². The van der Waals surface area contributed by atoms with Gasteiger partial charge in [0.1, 0.15) is 0 Å². The Morgan fingerprint density at radius 2 is 1.63 bits per heavy atom. The molecule has 3 aromatic carbocycles. The maximum absolute atomic E-state index is 12.0. The molecule has 6 heteroatoms. The van der Waals surface area contributed by atoms with Gasteiger partial charge in [-0.15, -0.1) is 0 Å². The highest BCUT2D eigenvalue weighted by Gasteiger charge is 2.31. The van der Waals surface area contributed by atoms with E-state index in [0.717, 1.165) is 51.3 Å². The first-order valence-electron chi connectivity index (χ1n) is 17.5. The van der Waals surface area contributed by atoms with Crippen molar-refractivity contribution in [1.82, 2.24) is 14.0 Å². The van der Waals surface area contributed by atoms with Crippen molar-refractivity contribution >= 4 is 27.8 Å². The van der Waals surface area contributed by atoms with E-state index in [2.05, 4.69) is 68.8 Å². The highest BCUT2D eigenvalue weighted by molar-refractivity contribution is 6.03. The summed E-state index contributed by atoms with van der Waals surface area (Å²) >= 11 is 0. The molecule has 0 spiro atoms. The van der Waals surface area contributed by atoms with E-state index in [4.69, 9.17) is 4.74 Å². The molecule has 2 aliphatic heterocycles. The second-order valence-electron chi connectivity index (χ2n) is 13.8. The first-order chi connectivity index (χ1) is 22.7. The standard InChI is InChI=1S/C40H45N3O3/c44-40(45)31-15-16-33-36(25-31)43-20-8-19-42-26-35(29-17-21-41(22-18-29)23-24-46-27-28-9-3-1-4-10-28)32-13-7-14-34(38(32)42)39(43)37(33)30-11-5-2-6-12-30/h1,3-4,7,9-10,13-16,25-26,29-30H,2,5-6,8,11-12,17-24,27H2,(H,44,45). The first kappa shape index (κ1) is 29.5. The average Bonchev–Trinajstić information content (AvgIpc) is 3.62. The van der Waals surface area contributed by atoms with Crippen LogP contribution in [0.15, 0.2) is 72.9 Å². The highest BCUT2D eigenvalue weighted by Crippen LogP contribution is 2.47. The molecule has 0 unspecified atom stereocenters. The van der Waals surface area contributed by atoms with Gasteiger partial charge in [-0.25, -0.2) is 4.79 Å². The molecule has 6 nitrogen and oxygen atoms in total. The van der Waals surface area contributed by atoms with E-state index in [0.29, 0.717) is 24.0 Å². The number of carbonyl (C=O) groups is 1. The monoisotopic (exact) mass is 615 g/mol. The van der Waals surface area contributed by atoms with Gasteiger partial charge < -0.3 is 23.9 Å². The molecule has 1 N–H and O–H groups in total. The second-order valence-corrected chi connectivity index (χ2v) is 13.8. The number of likely N-dealkylation sites (tertiary alicyclic amines) is 1. The SMILES string of the molecule is O=C(O)c1ccc2c(C3CCCCC3)c3n(c2c1)CCCn1cc(C2CCN(CCOCc4ccccc4)CC2)c2cccc-3c21. The summed E-state index contributed by atoms with van der Waals surface area (Å²) < 4.78 is 11.0. The molecule has 1 aliphatic carbocycles. The lowest BCUT2D eigenvalue weighted by Gasteiger charge is -2.31. The summed E-state index contributed by atoms with van der Waals surface area (Å²) in [6.45, 7) is 6.53. The average molecular weight is 616 g/mol. The fraction of sp³-hybridized carbons (Fsp3) is 0.425. The summed E-state index contributed by atoms with van der Waals surface area (Å²) in [7, 11) is 0. The van der Waals surface area contributed by atoms with Crippen LogP contribution in [0.25, 0.3) is 33.1 Å². The topological polar surface area (TPSA) is 59.6 Å². The third kappa shape index (κ3) is 5.46. The van der Waals surface area contributed by atoms with E-state index < -0.39 is 5.97 Å². The number of aryl methyl sites for hydroxylation is 2. The van der Waals surface area contributed by atoms with Crippen LogP contribution in [0.5, 0.6) is 0 Å². The number of rotatable bonds is 8. The lowest BCUT2D eigenvalue weighted by Crippen LogP contribution is -2.35. The number of ether oxygens (including phenoxy) is 1. The van der Waals surface area contributed by atoms with Crippen molar-refractivity contribution in [2.45, 2.75) is 82.9 Å². The van der Waals surface area contributed by atoms with Crippen LogP contribution in [0.3, 0.4) is 0 Å². The lowest BCUT2D eigenvalue weighted by atomic mass is 9.81. The zero-order chi connectivity index (χ0) is 31.0. The van der Waals surface area contributed by atoms with Crippen molar-refractivity contribution in [3.63, 3.8) is 0 Å². The van der Waals surface area contributed by atoms with Crippen LogP contribution in [-0.4, -0.2) is 51.4 Å². The summed E-state index contributed by atoms with van der Waals surface area (Å²) in [6, 6.07) is 23.2. The molecule has 0 amide bonds. The summed E-state index contributed by atoms with van der Waals surface area (Å²) in [5.74, 6) is 0.221. The predicted molar refractivity (Wildman–Crippen MR) is 185 cm³/mol. The number of benzene rings is 3. The summed E-state index contributed by atoms with van der Waals surface area (Å²) in [4.78, 5) is 14.6. The van der Waals surface area contributed by atoms with Crippen molar-refractivity contribution in [3.8, 4) is 11.3 Å². The molecule has 0 bridgehead atoms.